The molecule has 4 nitrogen and oxygen atoms in total. The zero-order valence-corrected chi connectivity index (χ0v) is 15.1. The van der Waals surface area contributed by atoms with Crippen molar-refractivity contribution in [1.29, 1.82) is 0 Å². The van der Waals surface area contributed by atoms with Crippen LogP contribution in [0.15, 0.2) is 47.4 Å². The number of hydrogen-bond donors (Lipinski definition) is 0. The highest BCUT2D eigenvalue weighted by Crippen LogP contribution is 2.23. The van der Waals surface area contributed by atoms with Crippen molar-refractivity contribution in [2.75, 3.05) is 6.61 Å². The number of ether oxygens (including phenoxy) is 1. The van der Waals surface area contributed by atoms with Crippen LogP contribution in [0.4, 0.5) is 4.39 Å². The highest BCUT2D eigenvalue weighted by atomic mass is 35.5. The van der Waals surface area contributed by atoms with Crippen molar-refractivity contribution in [2.24, 2.45) is 0 Å². The maximum Gasteiger partial charge on any atom is 0.343 e. The fraction of sp³-hybridized carbons (Fsp3) is 0.200. The third-order valence-corrected chi connectivity index (χ3v) is 4.34. The average Bonchev–Trinajstić information content (AvgIpc) is 2.59. The maximum absolute atomic E-state index is 13.9. The van der Waals surface area contributed by atoms with Crippen LogP contribution in [-0.2, 0) is 11.3 Å². The van der Waals surface area contributed by atoms with Crippen molar-refractivity contribution in [1.82, 2.24) is 4.57 Å². The lowest BCUT2D eigenvalue weighted by atomic mass is 10.1. The number of hydrogen-bond acceptors (Lipinski definition) is 3. The number of aromatic nitrogens is 1. The topological polar surface area (TPSA) is 48.3 Å². The van der Waals surface area contributed by atoms with Crippen molar-refractivity contribution in [2.45, 2.75) is 20.4 Å². The first-order chi connectivity index (χ1) is 12.4. The lowest BCUT2D eigenvalue weighted by molar-refractivity contribution is 0.0524. The molecule has 0 fully saturated rings. The molecule has 0 N–H and O–H groups in total. The second kappa shape index (κ2) is 7.30. The zero-order chi connectivity index (χ0) is 18.8. The fourth-order valence-electron chi connectivity index (χ4n) is 2.88. The maximum atomic E-state index is 13.9. The summed E-state index contributed by atoms with van der Waals surface area (Å²) in [6, 6.07) is 10.3. The summed E-state index contributed by atoms with van der Waals surface area (Å²) < 4.78 is 20.6. The van der Waals surface area contributed by atoms with Crippen LogP contribution in [0.1, 0.15) is 28.4 Å². The number of rotatable bonds is 4. The molecule has 0 aliphatic rings. The van der Waals surface area contributed by atoms with Gasteiger partial charge in [0.05, 0.1) is 17.1 Å². The Morgan fingerprint density at radius 2 is 2.04 bits per heavy atom. The summed E-state index contributed by atoms with van der Waals surface area (Å²) in [5, 5.41) is 0.00360. The smallest absolute Gasteiger partial charge is 0.343 e. The summed E-state index contributed by atoms with van der Waals surface area (Å²) in [6.45, 7) is 4.17. The third-order valence-electron chi connectivity index (χ3n) is 4.05. The van der Waals surface area contributed by atoms with Crippen LogP contribution in [0, 0.1) is 12.7 Å². The molecule has 0 aliphatic carbocycles. The molecule has 0 amide bonds. The van der Waals surface area contributed by atoms with Crippen LogP contribution in [0.2, 0.25) is 5.02 Å². The summed E-state index contributed by atoms with van der Waals surface area (Å²) in [4.78, 5) is 24.8. The molecular weight excluding hydrogens is 357 g/mol. The number of nitrogens with zero attached hydrogens (tertiary/aromatic N) is 1. The SMILES string of the molecule is CCOC(=O)c1cn(Cc2cccc(C)c2)c2cc(Cl)c(F)cc2c1=O. The molecule has 0 saturated heterocycles. The van der Waals surface area contributed by atoms with E-state index in [1.54, 1.807) is 11.5 Å². The Morgan fingerprint density at radius 3 is 2.73 bits per heavy atom. The number of pyridine rings is 1. The van der Waals surface area contributed by atoms with Crippen LogP contribution in [-0.4, -0.2) is 17.1 Å². The van der Waals surface area contributed by atoms with Gasteiger partial charge in [-0.15, -0.1) is 0 Å². The van der Waals surface area contributed by atoms with E-state index in [0.717, 1.165) is 17.2 Å². The molecule has 134 valence electrons. The van der Waals surface area contributed by atoms with Gasteiger partial charge >= 0.3 is 5.97 Å². The second-order valence-electron chi connectivity index (χ2n) is 5.99. The molecule has 0 unspecified atom stereocenters. The van der Waals surface area contributed by atoms with E-state index in [1.807, 2.05) is 31.2 Å². The minimum atomic E-state index is -0.729. The summed E-state index contributed by atoms with van der Waals surface area (Å²) in [5.41, 5.74) is 1.81. The molecule has 26 heavy (non-hydrogen) atoms. The van der Waals surface area contributed by atoms with Crippen molar-refractivity contribution in [3.8, 4) is 0 Å². The van der Waals surface area contributed by atoms with E-state index in [-0.39, 0.29) is 22.6 Å². The highest BCUT2D eigenvalue weighted by molar-refractivity contribution is 6.31. The molecule has 0 spiro atoms. The number of carbonyl (C=O) groups excluding carboxylic acids is 1. The van der Waals surface area contributed by atoms with E-state index < -0.39 is 17.2 Å². The van der Waals surface area contributed by atoms with Crippen LogP contribution < -0.4 is 5.43 Å². The van der Waals surface area contributed by atoms with E-state index in [4.69, 9.17) is 16.3 Å². The van der Waals surface area contributed by atoms with E-state index in [9.17, 15) is 14.0 Å². The largest absolute Gasteiger partial charge is 0.462 e. The summed E-state index contributed by atoms with van der Waals surface area (Å²) in [7, 11) is 0. The number of aryl methyl sites for hydroxylation is 1. The van der Waals surface area contributed by atoms with E-state index >= 15 is 0 Å². The van der Waals surface area contributed by atoms with Crippen LogP contribution in [0.5, 0.6) is 0 Å². The number of carbonyl (C=O) groups is 1. The Labute approximate surface area is 154 Å². The number of esters is 1. The van der Waals surface area contributed by atoms with Crippen LogP contribution in [0.3, 0.4) is 0 Å². The molecule has 1 heterocycles. The van der Waals surface area contributed by atoms with Gasteiger partial charge in [-0.3, -0.25) is 4.79 Å². The first-order valence-electron chi connectivity index (χ1n) is 8.15. The Balaban J connectivity index is 2.25. The monoisotopic (exact) mass is 373 g/mol. The van der Waals surface area contributed by atoms with Gasteiger partial charge in [0, 0.05) is 18.1 Å². The van der Waals surface area contributed by atoms with Crippen LogP contribution in [0.25, 0.3) is 10.9 Å². The molecule has 0 saturated carbocycles. The molecule has 1 aromatic heterocycles. The second-order valence-corrected chi connectivity index (χ2v) is 6.40. The molecule has 0 radical (unpaired) electrons. The van der Waals surface area contributed by atoms with E-state index in [0.29, 0.717) is 12.1 Å². The van der Waals surface area contributed by atoms with Gasteiger partial charge in [0.1, 0.15) is 11.4 Å². The van der Waals surface area contributed by atoms with Gasteiger partial charge in [-0.2, -0.15) is 0 Å². The molecule has 3 rings (SSSR count). The molecule has 0 aliphatic heterocycles. The Morgan fingerprint density at radius 1 is 1.27 bits per heavy atom. The van der Waals surface area contributed by atoms with Crippen molar-refractivity contribution >= 4 is 28.5 Å². The quantitative estimate of drug-likeness (QED) is 0.639. The third kappa shape index (κ3) is 3.48. The van der Waals surface area contributed by atoms with Gasteiger partial charge in [-0.1, -0.05) is 41.4 Å². The molecular formula is C20H17ClFNO3. The number of halogens is 2. The highest BCUT2D eigenvalue weighted by Gasteiger charge is 2.18. The molecule has 0 atom stereocenters. The van der Waals surface area contributed by atoms with Gasteiger partial charge in [0.15, 0.2) is 0 Å². The minimum absolute atomic E-state index is 0.0845. The fourth-order valence-corrected chi connectivity index (χ4v) is 3.04. The summed E-state index contributed by atoms with van der Waals surface area (Å²) in [5.74, 6) is -1.44. The average molecular weight is 374 g/mol. The Bertz CT molecular complexity index is 1060. The predicted molar refractivity (Wildman–Crippen MR) is 99.4 cm³/mol. The van der Waals surface area contributed by atoms with Crippen molar-refractivity contribution < 1.29 is 13.9 Å². The predicted octanol–water partition coefficient (Wildman–Crippen LogP) is 4.33. The molecule has 6 heteroatoms. The first kappa shape index (κ1) is 18.1. The lowest BCUT2D eigenvalue weighted by Gasteiger charge is -2.14. The summed E-state index contributed by atoms with van der Waals surface area (Å²) >= 11 is 5.91. The minimum Gasteiger partial charge on any atom is -0.462 e. The van der Waals surface area contributed by atoms with Crippen molar-refractivity contribution in [3.63, 3.8) is 0 Å². The summed E-state index contributed by atoms with van der Waals surface area (Å²) in [6.07, 6.45) is 1.44. The standard InChI is InChI=1S/C20H17ClFNO3/c1-3-26-20(25)15-11-23(10-13-6-4-5-12(2)7-13)18-9-16(21)17(22)8-14(18)19(15)24/h4-9,11H,3,10H2,1-2H3. The van der Waals surface area contributed by atoms with Gasteiger partial charge in [-0.05, 0) is 31.5 Å². The van der Waals surface area contributed by atoms with Gasteiger partial charge in [0.2, 0.25) is 5.43 Å². The van der Waals surface area contributed by atoms with E-state index in [1.165, 1.54) is 12.3 Å². The number of benzene rings is 2. The van der Waals surface area contributed by atoms with Gasteiger partial charge in [0.25, 0.3) is 0 Å². The normalized spacial score (nSPS) is 10.9. The van der Waals surface area contributed by atoms with Crippen LogP contribution >= 0.6 is 11.6 Å². The Kier molecular flexibility index (Phi) is 5.09. The lowest BCUT2D eigenvalue weighted by Crippen LogP contribution is -2.21. The van der Waals surface area contributed by atoms with Gasteiger partial charge in [-0.25, -0.2) is 9.18 Å². The number of fused-ring (bicyclic) bond motifs is 1. The Hall–Kier alpha value is -2.66. The van der Waals surface area contributed by atoms with E-state index in [2.05, 4.69) is 0 Å². The molecule has 3 aromatic rings. The first-order valence-corrected chi connectivity index (χ1v) is 8.53. The zero-order valence-electron chi connectivity index (χ0n) is 14.4. The molecule has 2 aromatic carbocycles. The van der Waals surface area contributed by atoms with Crippen molar-refractivity contribution in [3.05, 3.63) is 80.3 Å². The molecule has 0 bridgehead atoms. The van der Waals surface area contributed by atoms with Gasteiger partial charge < -0.3 is 9.30 Å².